The summed E-state index contributed by atoms with van der Waals surface area (Å²) in [5, 5.41) is 3.23. The summed E-state index contributed by atoms with van der Waals surface area (Å²) in [5.74, 6) is 0.339. The zero-order valence-electron chi connectivity index (χ0n) is 19.6. The first-order chi connectivity index (χ1) is 16.3. The van der Waals surface area contributed by atoms with Crippen molar-refractivity contribution in [1.29, 1.82) is 0 Å². The summed E-state index contributed by atoms with van der Waals surface area (Å²) in [7, 11) is -2.04. The van der Waals surface area contributed by atoms with Gasteiger partial charge in [-0.3, -0.25) is 14.0 Å². The van der Waals surface area contributed by atoms with Crippen LogP contribution in [0.2, 0.25) is 5.02 Å². The highest BCUT2D eigenvalue weighted by Gasteiger charge is 2.19. The first-order valence-electron chi connectivity index (χ1n) is 11.2. The van der Waals surface area contributed by atoms with Gasteiger partial charge in [0.1, 0.15) is 5.75 Å². The highest BCUT2D eigenvalue weighted by Crippen LogP contribution is 2.30. The molecule has 0 aliphatic carbocycles. The van der Waals surface area contributed by atoms with Crippen LogP contribution in [0.4, 0.5) is 5.69 Å². The van der Waals surface area contributed by atoms with Gasteiger partial charge in [-0.15, -0.1) is 0 Å². The van der Waals surface area contributed by atoms with Crippen molar-refractivity contribution in [2.24, 2.45) is 0 Å². The van der Waals surface area contributed by atoms with E-state index in [1.807, 2.05) is 12.1 Å². The number of halogens is 1. The number of hydrogen-bond donors (Lipinski definition) is 1. The number of carbonyl (C=O) groups excluding carboxylic acids is 1. The normalized spacial score (nSPS) is 14.6. The van der Waals surface area contributed by atoms with Gasteiger partial charge in [-0.2, -0.15) is 0 Å². The number of nitrogens with zero attached hydrogens (tertiary/aromatic N) is 2. The summed E-state index contributed by atoms with van der Waals surface area (Å²) >= 11 is 6.15. The maximum atomic E-state index is 12.3. The molecule has 1 aliphatic heterocycles. The molecule has 1 aliphatic rings. The first kappa shape index (κ1) is 26.3. The quantitative estimate of drug-likeness (QED) is 0.501. The van der Waals surface area contributed by atoms with E-state index in [9.17, 15) is 13.2 Å². The lowest BCUT2D eigenvalue weighted by Gasteiger charge is -2.26. The second kappa shape index (κ2) is 12.4. The highest BCUT2D eigenvalue weighted by atomic mass is 35.5. The number of anilines is 1. The van der Waals surface area contributed by atoms with Gasteiger partial charge in [-0.05, 0) is 35.7 Å². The Morgan fingerprint density at radius 2 is 1.82 bits per heavy atom. The van der Waals surface area contributed by atoms with E-state index in [1.165, 1.54) is 17.0 Å². The van der Waals surface area contributed by atoms with Crippen molar-refractivity contribution >= 4 is 33.2 Å². The largest absolute Gasteiger partial charge is 0.495 e. The molecule has 0 bridgehead atoms. The van der Waals surface area contributed by atoms with E-state index in [4.69, 9.17) is 21.1 Å². The van der Waals surface area contributed by atoms with Gasteiger partial charge in [0.25, 0.3) is 0 Å². The molecule has 0 unspecified atom stereocenters. The van der Waals surface area contributed by atoms with Gasteiger partial charge in [0, 0.05) is 39.1 Å². The van der Waals surface area contributed by atoms with Gasteiger partial charge in [0.2, 0.25) is 15.9 Å². The summed E-state index contributed by atoms with van der Waals surface area (Å²) < 4.78 is 36.3. The van der Waals surface area contributed by atoms with E-state index in [0.717, 1.165) is 44.7 Å². The average Bonchev–Trinajstić information content (AvgIpc) is 2.81. The predicted molar refractivity (Wildman–Crippen MR) is 134 cm³/mol. The minimum absolute atomic E-state index is 0.126. The van der Waals surface area contributed by atoms with Crippen molar-refractivity contribution in [3.8, 4) is 5.75 Å². The highest BCUT2D eigenvalue weighted by molar-refractivity contribution is 7.92. The van der Waals surface area contributed by atoms with E-state index in [-0.39, 0.29) is 18.9 Å². The lowest BCUT2D eigenvalue weighted by atomic mass is 10.1. The third-order valence-electron chi connectivity index (χ3n) is 5.61. The van der Waals surface area contributed by atoms with Gasteiger partial charge >= 0.3 is 0 Å². The Bertz CT molecular complexity index is 1060. The molecule has 186 valence electrons. The number of benzene rings is 2. The number of rotatable bonds is 11. The first-order valence-corrected chi connectivity index (χ1v) is 13.4. The Morgan fingerprint density at radius 3 is 2.44 bits per heavy atom. The van der Waals surface area contributed by atoms with Crippen LogP contribution in [0.25, 0.3) is 0 Å². The van der Waals surface area contributed by atoms with Crippen LogP contribution in [0.5, 0.6) is 5.75 Å². The molecule has 1 amide bonds. The number of nitrogens with one attached hydrogen (secondary N) is 1. The monoisotopic (exact) mass is 509 g/mol. The second-order valence-electron chi connectivity index (χ2n) is 8.24. The molecule has 3 rings (SSSR count). The maximum absolute atomic E-state index is 12.3. The topological polar surface area (TPSA) is 88.2 Å². The molecule has 0 atom stereocenters. The molecule has 0 saturated carbocycles. The number of ether oxygens (including phenoxy) is 2. The minimum atomic E-state index is -3.53. The molecule has 1 saturated heterocycles. The summed E-state index contributed by atoms with van der Waals surface area (Å²) in [6, 6.07) is 13.0. The fraction of sp³-hybridized carbons (Fsp3) is 0.458. The molecule has 10 heteroatoms. The van der Waals surface area contributed by atoms with Crippen molar-refractivity contribution in [2.75, 3.05) is 50.5 Å². The number of morpholine rings is 1. The molecule has 1 fully saturated rings. The van der Waals surface area contributed by atoms with Crippen molar-refractivity contribution in [2.45, 2.75) is 25.9 Å². The SMILES string of the molecule is COc1ccc(N(CCCC(=O)NCc2ccc(CN3CCOCC3)cc2)S(C)(=O)=O)cc1Cl. The number of sulfonamides is 1. The predicted octanol–water partition coefficient (Wildman–Crippen LogP) is 3.04. The standard InChI is InChI=1S/C24H32ClN3O5S/c1-32-23-10-9-21(16-22(23)25)28(34(2,30)31)11-3-4-24(29)26-17-19-5-7-20(8-6-19)18-27-12-14-33-15-13-27/h5-10,16H,3-4,11-15,17-18H2,1-2H3,(H,26,29). The molecule has 1 heterocycles. The Kier molecular flexibility index (Phi) is 9.58. The van der Waals surface area contributed by atoms with E-state index < -0.39 is 10.0 Å². The van der Waals surface area contributed by atoms with Crippen LogP contribution in [0.15, 0.2) is 42.5 Å². The van der Waals surface area contributed by atoms with Crippen LogP contribution >= 0.6 is 11.6 Å². The molecule has 0 spiro atoms. The van der Waals surface area contributed by atoms with Crippen LogP contribution in [-0.4, -0.2) is 65.4 Å². The molecule has 1 N–H and O–H groups in total. The number of hydrogen-bond acceptors (Lipinski definition) is 6. The van der Waals surface area contributed by atoms with Crippen LogP contribution in [0.3, 0.4) is 0 Å². The van der Waals surface area contributed by atoms with E-state index >= 15 is 0 Å². The Hall–Kier alpha value is -2.33. The fourth-order valence-electron chi connectivity index (χ4n) is 3.75. The van der Waals surface area contributed by atoms with Crippen LogP contribution in [0, 0.1) is 0 Å². The number of carbonyl (C=O) groups is 1. The Balaban J connectivity index is 1.45. The van der Waals surface area contributed by atoms with Crippen LogP contribution in [0.1, 0.15) is 24.0 Å². The summed E-state index contributed by atoms with van der Waals surface area (Å²) in [4.78, 5) is 14.7. The molecule has 8 nitrogen and oxygen atoms in total. The molecule has 34 heavy (non-hydrogen) atoms. The molecular formula is C24H32ClN3O5S. The Labute approximate surface area is 206 Å². The minimum Gasteiger partial charge on any atom is -0.495 e. The maximum Gasteiger partial charge on any atom is 0.232 e. The fourth-order valence-corrected chi connectivity index (χ4v) is 4.96. The second-order valence-corrected chi connectivity index (χ2v) is 10.6. The Morgan fingerprint density at radius 1 is 1.15 bits per heavy atom. The summed E-state index contributed by atoms with van der Waals surface area (Å²) in [5.41, 5.74) is 2.69. The van der Waals surface area contributed by atoms with Crippen molar-refractivity contribution in [3.05, 3.63) is 58.6 Å². The lowest BCUT2D eigenvalue weighted by Crippen LogP contribution is -2.35. The van der Waals surface area contributed by atoms with Crippen molar-refractivity contribution < 1.29 is 22.7 Å². The molecule has 0 aromatic heterocycles. The molecular weight excluding hydrogens is 478 g/mol. The third kappa shape index (κ3) is 7.87. The summed E-state index contributed by atoms with van der Waals surface area (Å²) in [6.45, 7) is 4.94. The zero-order valence-corrected chi connectivity index (χ0v) is 21.2. The van der Waals surface area contributed by atoms with Crippen LogP contribution in [-0.2, 0) is 32.6 Å². The van der Waals surface area contributed by atoms with Gasteiger partial charge in [-0.1, -0.05) is 35.9 Å². The van der Waals surface area contributed by atoms with Gasteiger partial charge in [0.15, 0.2) is 0 Å². The van der Waals surface area contributed by atoms with E-state index in [1.54, 1.807) is 18.2 Å². The number of methoxy groups -OCH3 is 1. The van der Waals surface area contributed by atoms with Gasteiger partial charge < -0.3 is 14.8 Å². The molecule has 2 aromatic carbocycles. The lowest BCUT2D eigenvalue weighted by molar-refractivity contribution is -0.121. The van der Waals surface area contributed by atoms with Crippen LogP contribution < -0.4 is 14.4 Å². The van der Waals surface area contributed by atoms with Gasteiger partial charge in [0.05, 0.1) is 37.3 Å². The van der Waals surface area contributed by atoms with Crippen molar-refractivity contribution in [3.63, 3.8) is 0 Å². The van der Waals surface area contributed by atoms with E-state index in [2.05, 4.69) is 22.3 Å². The van der Waals surface area contributed by atoms with E-state index in [0.29, 0.717) is 29.4 Å². The average molecular weight is 510 g/mol. The smallest absolute Gasteiger partial charge is 0.232 e. The molecule has 2 aromatic rings. The third-order valence-corrected chi connectivity index (χ3v) is 7.10. The number of amides is 1. The molecule has 0 radical (unpaired) electrons. The van der Waals surface area contributed by atoms with Crippen molar-refractivity contribution in [1.82, 2.24) is 10.2 Å². The van der Waals surface area contributed by atoms with Gasteiger partial charge in [-0.25, -0.2) is 8.42 Å². The summed E-state index contributed by atoms with van der Waals surface area (Å²) in [6.07, 6.45) is 1.72. The zero-order chi connectivity index (χ0) is 24.6.